The van der Waals surface area contributed by atoms with Crippen LogP contribution in [0.5, 0.6) is 0 Å². The van der Waals surface area contributed by atoms with E-state index in [0.717, 1.165) is 17.7 Å². The lowest BCUT2D eigenvalue weighted by molar-refractivity contribution is -0.137. The number of hydrogen-bond donors (Lipinski definition) is 2. The van der Waals surface area contributed by atoms with Crippen LogP contribution in [0, 0.1) is 5.92 Å². The highest BCUT2D eigenvalue weighted by atomic mass is 19.4. The summed E-state index contributed by atoms with van der Waals surface area (Å²) in [5, 5.41) is 14.8. The van der Waals surface area contributed by atoms with E-state index >= 15 is 0 Å². The lowest BCUT2D eigenvalue weighted by Crippen LogP contribution is -2.52. The Balaban J connectivity index is 1.20. The number of hydrogen-bond acceptors (Lipinski definition) is 5. The lowest BCUT2D eigenvalue weighted by atomic mass is 9.83. The normalized spacial score (nSPS) is 21.3. The first-order valence-electron chi connectivity index (χ1n) is 14.7. The van der Waals surface area contributed by atoms with Crippen LogP contribution < -0.4 is 5.32 Å². The summed E-state index contributed by atoms with van der Waals surface area (Å²) in [6, 6.07) is 17.1. The van der Waals surface area contributed by atoms with Crippen molar-refractivity contribution in [3.8, 4) is 0 Å². The maximum atomic E-state index is 13.1. The van der Waals surface area contributed by atoms with Crippen molar-refractivity contribution in [3.05, 3.63) is 108 Å². The second-order valence-electron chi connectivity index (χ2n) is 11.5. The van der Waals surface area contributed by atoms with Crippen molar-refractivity contribution in [2.24, 2.45) is 5.92 Å². The number of carbonyl (C=O) groups is 2. The van der Waals surface area contributed by atoms with Crippen molar-refractivity contribution in [2.75, 3.05) is 39.3 Å². The van der Waals surface area contributed by atoms with Crippen LogP contribution in [0.3, 0.4) is 0 Å². The number of nitrogens with one attached hydrogen (secondary N) is 1. The Bertz CT molecular complexity index is 1410. The fraction of sp³-hybridized carbons (Fsp3) is 0.394. The number of alkyl halides is 3. The molecule has 3 aromatic rings. The standard InChI is InChI=1S/C33H37F3N4O4/c1-2-16-40(31(42)37-20-24-10-12-26(13-11-24)33(34,35)36)28-14-17-38(18-15-28)21-27-22-39(30(41)29-9-6-19-44-29)23-32(27,43)25-7-4-3-5-8-25/h2-13,19,27-28,43H,1,14-18,20-23H2,(H,37,42)/t27-,32-/m0/s1. The van der Waals surface area contributed by atoms with Crippen molar-refractivity contribution in [1.82, 2.24) is 20.0 Å². The van der Waals surface area contributed by atoms with Crippen LogP contribution in [0.2, 0.25) is 0 Å². The molecule has 2 aliphatic heterocycles. The second-order valence-corrected chi connectivity index (χ2v) is 11.5. The zero-order valence-electron chi connectivity index (χ0n) is 24.4. The van der Waals surface area contributed by atoms with Crippen LogP contribution in [-0.4, -0.2) is 77.1 Å². The van der Waals surface area contributed by atoms with Crippen molar-refractivity contribution >= 4 is 11.9 Å². The third-order valence-corrected chi connectivity index (χ3v) is 8.63. The molecule has 0 aliphatic carbocycles. The summed E-state index contributed by atoms with van der Waals surface area (Å²) in [5.41, 5.74) is -0.629. The molecule has 8 nitrogen and oxygen atoms in total. The summed E-state index contributed by atoms with van der Waals surface area (Å²) in [6.07, 6.45) is 0.110. The molecule has 2 N–H and O–H groups in total. The predicted octanol–water partition coefficient (Wildman–Crippen LogP) is 5.12. The minimum absolute atomic E-state index is 0.0505. The maximum absolute atomic E-state index is 13.1. The average Bonchev–Trinajstić information content (AvgIpc) is 3.68. The quantitative estimate of drug-likeness (QED) is 0.329. The first-order valence-corrected chi connectivity index (χ1v) is 14.7. The van der Waals surface area contributed by atoms with E-state index in [9.17, 15) is 27.9 Å². The number of benzene rings is 2. The van der Waals surface area contributed by atoms with Crippen molar-refractivity contribution < 1.29 is 32.3 Å². The molecular formula is C33H37F3N4O4. The summed E-state index contributed by atoms with van der Waals surface area (Å²) in [5.74, 6) is -0.259. The second kappa shape index (κ2) is 13.3. The zero-order valence-corrected chi connectivity index (χ0v) is 24.4. The zero-order chi connectivity index (χ0) is 31.3. The van der Waals surface area contributed by atoms with E-state index in [2.05, 4.69) is 16.8 Å². The van der Waals surface area contributed by atoms with Crippen LogP contribution in [0.15, 0.2) is 90.1 Å². The van der Waals surface area contributed by atoms with Gasteiger partial charge in [-0.3, -0.25) is 4.79 Å². The van der Waals surface area contributed by atoms with Gasteiger partial charge in [0.05, 0.1) is 18.4 Å². The number of urea groups is 1. The van der Waals surface area contributed by atoms with Crippen LogP contribution >= 0.6 is 0 Å². The lowest BCUT2D eigenvalue weighted by Gasteiger charge is -2.40. The molecule has 2 saturated heterocycles. The van der Waals surface area contributed by atoms with E-state index in [4.69, 9.17) is 4.42 Å². The number of aliphatic hydroxyl groups is 1. The Labute approximate surface area is 254 Å². The van der Waals surface area contributed by atoms with Crippen LogP contribution in [0.25, 0.3) is 0 Å². The summed E-state index contributed by atoms with van der Waals surface area (Å²) >= 11 is 0. The fourth-order valence-electron chi connectivity index (χ4n) is 6.23. The van der Waals surface area contributed by atoms with Gasteiger partial charge in [0.2, 0.25) is 0 Å². The van der Waals surface area contributed by atoms with Crippen molar-refractivity contribution in [1.29, 1.82) is 0 Å². The number of piperidine rings is 1. The smallest absolute Gasteiger partial charge is 0.416 e. The molecule has 2 fully saturated rings. The molecule has 3 amide bonds. The van der Waals surface area contributed by atoms with Gasteiger partial charge in [0.15, 0.2) is 5.76 Å². The van der Waals surface area contributed by atoms with Crippen molar-refractivity contribution in [3.63, 3.8) is 0 Å². The Morgan fingerprint density at radius 3 is 2.39 bits per heavy atom. The predicted molar refractivity (Wildman–Crippen MR) is 158 cm³/mol. The van der Waals surface area contributed by atoms with Gasteiger partial charge in [0.1, 0.15) is 5.60 Å². The minimum atomic E-state index is -4.41. The fourth-order valence-corrected chi connectivity index (χ4v) is 6.23. The number of carbonyl (C=O) groups excluding carboxylic acids is 2. The average molecular weight is 611 g/mol. The van der Waals surface area contributed by atoms with E-state index in [1.165, 1.54) is 18.4 Å². The summed E-state index contributed by atoms with van der Waals surface area (Å²) in [6.45, 7) is 6.72. The van der Waals surface area contributed by atoms with Gasteiger partial charge in [-0.25, -0.2) is 4.79 Å². The van der Waals surface area contributed by atoms with Gasteiger partial charge >= 0.3 is 12.2 Å². The van der Waals surface area contributed by atoms with Gasteiger partial charge in [0.25, 0.3) is 5.91 Å². The van der Waals surface area contributed by atoms with E-state index < -0.39 is 17.3 Å². The molecule has 234 valence electrons. The molecule has 2 aliphatic rings. The number of nitrogens with zero attached hydrogens (tertiary/aromatic N) is 3. The highest BCUT2D eigenvalue weighted by Gasteiger charge is 2.49. The summed E-state index contributed by atoms with van der Waals surface area (Å²) in [7, 11) is 0. The van der Waals surface area contributed by atoms with Gasteiger partial charge in [-0.05, 0) is 48.2 Å². The molecule has 0 radical (unpaired) electrons. The number of β-amino-alcohol motifs (C(OH)–C–C–N with tert-alkyl or cyclic N) is 1. The molecule has 5 rings (SSSR count). The highest BCUT2D eigenvalue weighted by Crippen LogP contribution is 2.39. The van der Waals surface area contributed by atoms with E-state index in [0.29, 0.717) is 51.1 Å². The largest absolute Gasteiger partial charge is 0.459 e. The molecule has 3 heterocycles. The van der Waals surface area contributed by atoms with Crippen LogP contribution in [0.4, 0.5) is 18.0 Å². The first kappa shape index (κ1) is 31.3. The van der Waals surface area contributed by atoms with Gasteiger partial charge in [0, 0.05) is 51.2 Å². The number of likely N-dealkylation sites (tertiary alicyclic amines) is 2. The summed E-state index contributed by atoms with van der Waals surface area (Å²) < 4.78 is 43.9. The molecule has 2 atom stereocenters. The Hall–Kier alpha value is -4.09. The highest BCUT2D eigenvalue weighted by molar-refractivity contribution is 5.91. The molecule has 44 heavy (non-hydrogen) atoms. The SMILES string of the molecule is C=CCN(C(=O)NCc1ccc(C(F)(F)F)cc1)C1CCN(C[C@H]2CN(C(=O)c3ccco3)C[C@]2(O)c2ccccc2)CC1. The number of halogens is 3. The van der Waals surface area contributed by atoms with E-state index in [1.807, 2.05) is 30.3 Å². The first-order chi connectivity index (χ1) is 21.1. The molecule has 0 unspecified atom stereocenters. The van der Waals surface area contributed by atoms with E-state index in [1.54, 1.807) is 28.0 Å². The van der Waals surface area contributed by atoms with Gasteiger partial charge in [-0.2, -0.15) is 13.2 Å². The maximum Gasteiger partial charge on any atom is 0.416 e. The van der Waals surface area contributed by atoms with Gasteiger partial charge in [-0.15, -0.1) is 6.58 Å². The molecule has 2 aromatic carbocycles. The van der Waals surface area contributed by atoms with Crippen LogP contribution in [0.1, 0.15) is 40.1 Å². The molecule has 0 saturated carbocycles. The third-order valence-electron chi connectivity index (χ3n) is 8.63. The monoisotopic (exact) mass is 610 g/mol. The molecule has 11 heteroatoms. The number of furan rings is 1. The van der Waals surface area contributed by atoms with Crippen molar-refractivity contribution in [2.45, 2.75) is 37.2 Å². The Kier molecular flexibility index (Phi) is 9.45. The van der Waals surface area contributed by atoms with Gasteiger partial charge < -0.3 is 29.5 Å². The Morgan fingerprint density at radius 2 is 1.77 bits per heavy atom. The van der Waals surface area contributed by atoms with Gasteiger partial charge in [-0.1, -0.05) is 48.5 Å². The summed E-state index contributed by atoms with van der Waals surface area (Å²) in [4.78, 5) is 31.9. The molecule has 0 spiro atoms. The third kappa shape index (κ3) is 7.00. The topological polar surface area (TPSA) is 89.3 Å². The van der Waals surface area contributed by atoms with E-state index in [-0.39, 0.29) is 42.7 Å². The molecule has 0 bridgehead atoms. The molecular weight excluding hydrogens is 573 g/mol. The Morgan fingerprint density at radius 1 is 1.07 bits per heavy atom. The van der Waals surface area contributed by atoms with Crippen LogP contribution in [-0.2, 0) is 18.3 Å². The molecule has 1 aromatic heterocycles. The number of amides is 3. The minimum Gasteiger partial charge on any atom is -0.459 e. The number of rotatable bonds is 9.